The summed E-state index contributed by atoms with van der Waals surface area (Å²) in [5.74, 6) is 1.17. The molecule has 1 saturated carbocycles. The zero-order valence-corrected chi connectivity index (χ0v) is 16.8. The summed E-state index contributed by atoms with van der Waals surface area (Å²) in [6.45, 7) is 9.94. The highest BCUT2D eigenvalue weighted by Gasteiger charge is 2.40. The van der Waals surface area contributed by atoms with Gasteiger partial charge in [-0.1, -0.05) is 0 Å². The van der Waals surface area contributed by atoms with Gasteiger partial charge < -0.3 is 19.9 Å². The van der Waals surface area contributed by atoms with Crippen molar-refractivity contribution in [3.63, 3.8) is 0 Å². The summed E-state index contributed by atoms with van der Waals surface area (Å²) in [6, 6.07) is 0.514. The van der Waals surface area contributed by atoms with Gasteiger partial charge in [-0.05, 0) is 58.5 Å². The van der Waals surface area contributed by atoms with Gasteiger partial charge in [-0.3, -0.25) is 14.7 Å². The van der Waals surface area contributed by atoms with Crippen molar-refractivity contribution in [3.05, 3.63) is 0 Å². The summed E-state index contributed by atoms with van der Waals surface area (Å²) in [5.41, 5.74) is 0.134. The van der Waals surface area contributed by atoms with Gasteiger partial charge in [0.15, 0.2) is 5.96 Å². The highest BCUT2D eigenvalue weighted by atomic mass is 16.5. The molecule has 27 heavy (non-hydrogen) atoms. The van der Waals surface area contributed by atoms with E-state index < -0.39 is 0 Å². The summed E-state index contributed by atoms with van der Waals surface area (Å²) in [5, 5.41) is 3.44. The summed E-state index contributed by atoms with van der Waals surface area (Å²) in [4.78, 5) is 24.5. The molecule has 4 rings (SSSR count). The number of nitrogens with one attached hydrogen (secondary N) is 1. The zero-order valence-electron chi connectivity index (χ0n) is 16.8. The van der Waals surface area contributed by atoms with E-state index in [1.165, 1.54) is 38.8 Å². The van der Waals surface area contributed by atoms with Crippen LogP contribution in [-0.4, -0.2) is 97.2 Å². The molecule has 152 valence electrons. The van der Waals surface area contributed by atoms with Crippen LogP contribution in [0.3, 0.4) is 0 Å². The first kappa shape index (κ1) is 19.0. The quantitative estimate of drug-likeness (QED) is 0.570. The lowest BCUT2D eigenvalue weighted by atomic mass is 9.88. The van der Waals surface area contributed by atoms with E-state index in [1.807, 2.05) is 0 Å². The fourth-order valence-electron chi connectivity index (χ4n) is 4.80. The number of hydrogen-bond donors (Lipinski definition) is 1. The van der Waals surface area contributed by atoms with Crippen molar-refractivity contribution in [2.45, 2.75) is 57.0 Å². The molecule has 4 aliphatic rings. The van der Waals surface area contributed by atoms with Gasteiger partial charge in [0, 0.05) is 44.4 Å². The highest BCUT2D eigenvalue weighted by Crippen LogP contribution is 2.32. The van der Waals surface area contributed by atoms with E-state index in [0.717, 1.165) is 58.2 Å². The molecule has 7 nitrogen and oxygen atoms in total. The van der Waals surface area contributed by atoms with Crippen LogP contribution >= 0.6 is 0 Å². The van der Waals surface area contributed by atoms with E-state index in [2.05, 4.69) is 26.9 Å². The van der Waals surface area contributed by atoms with Gasteiger partial charge in [0.2, 0.25) is 5.91 Å². The number of guanidine groups is 1. The normalized spacial score (nSPS) is 27.3. The average molecular weight is 378 g/mol. The van der Waals surface area contributed by atoms with Gasteiger partial charge in [0.25, 0.3) is 0 Å². The lowest BCUT2D eigenvalue weighted by molar-refractivity contribution is -0.135. The molecule has 0 unspecified atom stereocenters. The van der Waals surface area contributed by atoms with E-state index in [1.54, 1.807) is 0 Å². The van der Waals surface area contributed by atoms with Crippen LogP contribution in [0.1, 0.15) is 45.4 Å². The fraction of sp³-hybridized carbons (Fsp3) is 0.900. The number of amides is 1. The molecular weight excluding hydrogens is 342 g/mol. The lowest BCUT2D eigenvalue weighted by Gasteiger charge is -2.44. The van der Waals surface area contributed by atoms with E-state index in [9.17, 15) is 4.79 Å². The maximum atomic E-state index is 12.5. The number of carbonyl (C=O) groups excluding carboxylic acids is 1. The Kier molecular flexibility index (Phi) is 5.88. The van der Waals surface area contributed by atoms with Crippen LogP contribution < -0.4 is 5.32 Å². The van der Waals surface area contributed by atoms with Gasteiger partial charge >= 0.3 is 0 Å². The van der Waals surface area contributed by atoms with Crippen molar-refractivity contribution in [3.8, 4) is 0 Å². The molecule has 7 heteroatoms. The van der Waals surface area contributed by atoms with Crippen molar-refractivity contribution in [1.82, 2.24) is 20.0 Å². The first-order chi connectivity index (χ1) is 13.2. The third-order valence-corrected chi connectivity index (χ3v) is 6.60. The van der Waals surface area contributed by atoms with Crippen LogP contribution in [0.15, 0.2) is 4.99 Å². The van der Waals surface area contributed by atoms with E-state index >= 15 is 0 Å². The predicted molar refractivity (Wildman–Crippen MR) is 106 cm³/mol. The Hall–Kier alpha value is -1.34. The SMILES string of the molecule is CCNC(=NCC1(N2CCCC2)CCOCC1)N1CCN(C2CC2)C(=O)C1. The molecule has 0 aromatic heterocycles. The minimum atomic E-state index is 0.134. The van der Waals surface area contributed by atoms with Crippen LogP contribution in [0.5, 0.6) is 0 Å². The Morgan fingerprint density at radius 3 is 2.56 bits per heavy atom. The number of hydrogen-bond acceptors (Lipinski definition) is 4. The maximum Gasteiger partial charge on any atom is 0.242 e. The van der Waals surface area contributed by atoms with E-state index in [0.29, 0.717) is 12.6 Å². The van der Waals surface area contributed by atoms with Gasteiger partial charge in [-0.15, -0.1) is 0 Å². The van der Waals surface area contributed by atoms with Crippen LogP contribution in [0.25, 0.3) is 0 Å². The number of carbonyl (C=O) groups is 1. The summed E-state index contributed by atoms with van der Waals surface area (Å²) in [7, 11) is 0. The van der Waals surface area contributed by atoms with Crippen molar-refractivity contribution in [2.75, 3.05) is 59.0 Å². The predicted octanol–water partition coefficient (Wildman–Crippen LogP) is 0.904. The standard InChI is InChI=1S/C20H35N5O2/c1-2-21-19(23-11-12-25(17-5-6-17)18(26)15-23)22-16-20(7-13-27-14-8-20)24-9-3-4-10-24/h17H,2-16H2,1H3,(H,21,22). The number of likely N-dealkylation sites (tertiary alicyclic amines) is 1. The molecule has 0 aromatic rings. The van der Waals surface area contributed by atoms with Gasteiger partial charge in [-0.2, -0.15) is 0 Å². The first-order valence-corrected chi connectivity index (χ1v) is 10.9. The largest absolute Gasteiger partial charge is 0.381 e. The highest BCUT2D eigenvalue weighted by molar-refractivity contribution is 5.88. The Morgan fingerprint density at radius 2 is 1.93 bits per heavy atom. The molecule has 1 N–H and O–H groups in total. The average Bonchev–Trinajstić information content (AvgIpc) is 3.37. The number of ether oxygens (including phenoxy) is 1. The second kappa shape index (κ2) is 8.35. The Morgan fingerprint density at radius 1 is 1.19 bits per heavy atom. The molecule has 3 aliphatic heterocycles. The van der Waals surface area contributed by atoms with E-state index in [-0.39, 0.29) is 11.4 Å². The Bertz CT molecular complexity index is 551. The summed E-state index contributed by atoms with van der Waals surface area (Å²) in [6.07, 6.45) is 7.07. The monoisotopic (exact) mass is 377 g/mol. The maximum absolute atomic E-state index is 12.5. The molecule has 0 spiro atoms. The molecule has 3 heterocycles. The number of aliphatic imine (C=N–C) groups is 1. The van der Waals surface area contributed by atoms with Gasteiger partial charge in [0.1, 0.15) is 0 Å². The molecule has 0 radical (unpaired) electrons. The van der Waals surface area contributed by atoms with Crippen LogP contribution in [-0.2, 0) is 9.53 Å². The molecule has 0 aromatic carbocycles. The van der Waals surface area contributed by atoms with Crippen molar-refractivity contribution >= 4 is 11.9 Å². The molecule has 1 aliphatic carbocycles. The smallest absolute Gasteiger partial charge is 0.242 e. The number of nitrogens with zero attached hydrogens (tertiary/aromatic N) is 4. The van der Waals surface area contributed by atoms with Crippen LogP contribution in [0, 0.1) is 0 Å². The minimum Gasteiger partial charge on any atom is -0.381 e. The molecule has 1 amide bonds. The lowest BCUT2D eigenvalue weighted by Crippen LogP contribution is -2.57. The van der Waals surface area contributed by atoms with Gasteiger partial charge in [0.05, 0.1) is 13.1 Å². The molecule has 0 atom stereocenters. The zero-order chi connectivity index (χ0) is 18.7. The summed E-state index contributed by atoms with van der Waals surface area (Å²) >= 11 is 0. The fourth-order valence-corrected chi connectivity index (χ4v) is 4.80. The third-order valence-electron chi connectivity index (χ3n) is 6.60. The molecule has 0 bridgehead atoms. The van der Waals surface area contributed by atoms with Crippen molar-refractivity contribution in [2.24, 2.45) is 4.99 Å². The van der Waals surface area contributed by atoms with Crippen molar-refractivity contribution in [1.29, 1.82) is 0 Å². The van der Waals surface area contributed by atoms with Crippen LogP contribution in [0.2, 0.25) is 0 Å². The number of piperazine rings is 1. The molecule has 4 fully saturated rings. The van der Waals surface area contributed by atoms with Crippen molar-refractivity contribution < 1.29 is 9.53 Å². The Labute approximate surface area is 163 Å². The van der Waals surface area contributed by atoms with Gasteiger partial charge in [-0.25, -0.2) is 0 Å². The number of rotatable bonds is 5. The second-order valence-electron chi connectivity index (χ2n) is 8.44. The topological polar surface area (TPSA) is 60.4 Å². The second-order valence-corrected chi connectivity index (χ2v) is 8.44. The van der Waals surface area contributed by atoms with E-state index in [4.69, 9.17) is 9.73 Å². The van der Waals surface area contributed by atoms with Crippen LogP contribution in [0.4, 0.5) is 0 Å². The first-order valence-electron chi connectivity index (χ1n) is 10.9. The minimum absolute atomic E-state index is 0.134. The molecular formula is C20H35N5O2. The molecule has 3 saturated heterocycles. The summed E-state index contributed by atoms with van der Waals surface area (Å²) < 4.78 is 5.66. The third kappa shape index (κ3) is 4.24. The Balaban J connectivity index is 1.45.